The number of hydrogen-bond acceptors (Lipinski definition) is 4. The fourth-order valence-corrected chi connectivity index (χ4v) is 9.60. The lowest BCUT2D eigenvalue weighted by Crippen LogP contribution is -2.07. The highest BCUT2D eigenvalue weighted by Gasteiger charge is 2.28. The van der Waals surface area contributed by atoms with E-state index < -0.39 is 0 Å². The summed E-state index contributed by atoms with van der Waals surface area (Å²) < 4.78 is 2.90. The van der Waals surface area contributed by atoms with Crippen molar-refractivity contribution in [1.82, 2.24) is 0 Å². The van der Waals surface area contributed by atoms with Gasteiger partial charge in [0.2, 0.25) is 0 Å². The zero-order valence-electron chi connectivity index (χ0n) is 24.2. The molecule has 0 unspecified atom stereocenters. The normalized spacial score (nSPS) is 13.5. The molecule has 0 atom stereocenters. The summed E-state index contributed by atoms with van der Waals surface area (Å²) in [4.78, 5) is 8.66. The van der Waals surface area contributed by atoms with Crippen molar-refractivity contribution in [1.29, 1.82) is 0 Å². The SMILES string of the molecule is CC(C)c1ccc(-c2c3cc(C(C)(C)C)sc3c(-c3ccc(C(C)(C)C)s3)c3cc(C(C)(C)C)sc23)s1. The van der Waals surface area contributed by atoms with Gasteiger partial charge in [-0.05, 0) is 58.6 Å². The molecule has 0 aliphatic heterocycles. The number of hydrogen-bond donors (Lipinski definition) is 0. The van der Waals surface area contributed by atoms with Crippen LogP contribution >= 0.6 is 45.3 Å². The van der Waals surface area contributed by atoms with Crippen molar-refractivity contribution in [3.63, 3.8) is 0 Å². The zero-order chi connectivity index (χ0) is 27.1. The Morgan fingerprint density at radius 2 is 0.946 bits per heavy atom. The molecule has 0 fully saturated rings. The van der Waals surface area contributed by atoms with Gasteiger partial charge < -0.3 is 0 Å². The first-order valence-corrected chi connectivity index (χ1v) is 16.6. The van der Waals surface area contributed by atoms with E-state index in [0.29, 0.717) is 5.92 Å². The molecule has 0 aliphatic carbocycles. The first-order chi connectivity index (χ1) is 17.1. The molecule has 5 rings (SSSR count). The van der Waals surface area contributed by atoms with Crippen molar-refractivity contribution >= 4 is 65.5 Å². The Balaban J connectivity index is 1.95. The van der Waals surface area contributed by atoms with Crippen molar-refractivity contribution in [3.8, 4) is 20.9 Å². The molecular formula is C33H40S4. The van der Waals surface area contributed by atoms with Gasteiger partial charge in [0.1, 0.15) is 0 Å². The minimum atomic E-state index is 0.118. The van der Waals surface area contributed by atoms with Crippen LogP contribution in [0.2, 0.25) is 0 Å². The van der Waals surface area contributed by atoms with Crippen molar-refractivity contribution < 1.29 is 0 Å². The fraction of sp³-hybridized carbons (Fsp3) is 0.455. The summed E-state index contributed by atoms with van der Waals surface area (Å²) in [6.45, 7) is 25.7. The molecule has 5 aromatic rings. The first kappa shape index (κ1) is 27.1. The van der Waals surface area contributed by atoms with Crippen LogP contribution in [0.3, 0.4) is 0 Å². The largest absolute Gasteiger partial charge is 0.140 e. The number of fused-ring (bicyclic) bond motifs is 2. The third-order valence-electron chi connectivity index (χ3n) is 6.97. The van der Waals surface area contributed by atoms with Crippen molar-refractivity contribution in [2.45, 2.75) is 98.3 Å². The van der Waals surface area contributed by atoms with Gasteiger partial charge in [0.15, 0.2) is 0 Å². The van der Waals surface area contributed by atoms with Crippen LogP contribution in [0.1, 0.15) is 102 Å². The summed E-state index contributed by atoms with van der Waals surface area (Å²) >= 11 is 7.98. The van der Waals surface area contributed by atoms with Crippen LogP contribution in [0.5, 0.6) is 0 Å². The molecular weight excluding hydrogens is 525 g/mol. The maximum atomic E-state index is 2.52. The van der Waals surface area contributed by atoms with Crippen LogP contribution in [0.4, 0.5) is 0 Å². The molecule has 0 bridgehead atoms. The van der Waals surface area contributed by atoms with E-state index in [9.17, 15) is 0 Å². The van der Waals surface area contributed by atoms with Crippen LogP contribution in [-0.2, 0) is 16.2 Å². The van der Waals surface area contributed by atoms with E-state index >= 15 is 0 Å². The molecule has 0 saturated heterocycles. The van der Waals surface area contributed by atoms with Crippen LogP contribution in [0, 0.1) is 0 Å². The van der Waals surface area contributed by atoms with Gasteiger partial charge in [-0.3, -0.25) is 0 Å². The Labute approximate surface area is 239 Å². The number of benzene rings is 1. The van der Waals surface area contributed by atoms with Crippen molar-refractivity contribution in [3.05, 3.63) is 55.9 Å². The standard InChI is InChI=1S/C33H40S4/c1-18(2)21-12-13-22(34-21)27-19-16-25(32(6,7)8)37-30(19)28(23-14-15-24(35-23)31(3,4)5)20-17-26(33(9,10)11)36-29(20)27/h12-18H,1-11H3. The highest BCUT2D eigenvalue weighted by atomic mass is 32.1. The second kappa shape index (κ2) is 9.05. The lowest BCUT2D eigenvalue weighted by Gasteiger charge is -2.15. The van der Waals surface area contributed by atoms with Gasteiger partial charge in [0, 0.05) is 60.6 Å². The molecule has 196 valence electrons. The Bertz CT molecular complexity index is 1520. The molecule has 0 nitrogen and oxygen atoms in total. The Hall–Kier alpha value is -1.46. The maximum absolute atomic E-state index is 2.52. The topological polar surface area (TPSA) is 0 Å². The highest BCUT2D eigenvalue weighted by molar-refractivity contribution is 7.24. The van der Waals surface area contributed by atoms with Crippen LogP contribution in [0.25, 0.3) is 41.1 Å². The molecule has 0 saturated carbocycles. The molecule has 4 heteroatoms. The molecule has 0 N–H and O–H groups in total. The van der Waals surface area contributed by atoms with E-state index in [4.69, 9.17) is 0 Å². The molecule has 0 aliphatic rings. The van der Waals surface area contributed by atoms with Crippen LogP contribution < -0.4 is 0 Å². The van der Waals surface area contributed by atoms with Gasteiger partial charge in [0.25, 0.3) is 0 Å². The number of thiophene rings is 4. The molecule has 4 aromatic heterocycles. The summed E-state index contributed by atoms with van der Waals surface area (Å²) in [5.41, 5.74) is 3.29. The molecule has 0 spiro atoms. The number of rotatable bonds is 3. The average molecular weight is 565 g/mol. The lowest BCUT2D eigenvalue weighted by atomic mass is 9.91. The Morgan fingerprint density at radius 3 is 1.32 bits per heavy atom. The Morgan fingerprint density at radius 1 is 0.514 bits per heavy atom. The summed E-state index contributed by atoms with van der Waals surface area (Å²) in [6, 6.07) is 14.5. The Kier molecular flexibility index (Phi) is 6.63. The molecule has 0 radical (unpaired) electrons. The van der Waals surface area contributed by atoms with E-state index in [2.05, 4.69) is 113 Å². The van der Waals surface area contributed by atoms with Gasteiger partial charge in [-0.2, -0.15) is 0 Å². The monoisotopic (exact) mass is 564 g/mol. The summed E-state index contributed by atoms with van der Waals surface area (Å²) in [5.74, 6) is 0.548. The van der Waals surface area contributed by atoms with E-state index in [1.807, 2.05) is 45.3 Å². The predicted octanol–water partition coefficient (Wildman–Crippen LogP) is 12.6. The molecule has 4 heterocycles. The van der Waals surface area contributed by atoms with Gasteiger partial charge in [-0.15, -0.1) is 45.3 Å². The molecule has 1 aromatic carbocycles. The second-order valence-electron chi connectivity index (χ2n) is 13.7. The van der Waals surface area contributed by atoms with Crippen molar-refractivity contribution in [2.24, 2.45) is 0 Å². The average Bonchev–Trinajstić information content (AvgIpc) is 3.55. The maximum Gasteiger partial charge on any atom is 0.0446 e. The molecule has 37 heavy (non-hydrogen) atoms. The van der Waals surface area contributed by atoms with E-state index in [-0.39, 0.29) is 16.2 Å². The second-order valence-corrected chi connectivity index (χ2v) is 18.0. The minimum absolute atomic E-state index is 0.118. The zero-order valence-corrected chi connectivity index (χ0v) is 27.4. The van der Waals surface area contributed by atoms with Gasteiger partial charge >= 0.3 is 0 Å². The molecule has 0 amide bonds. The highest BCUT2D eigenvalue weighted by Crippen LogP contribution is 2.54. The fourth-order valence-electron chi connectivity index (χ4n) is 4.67. The third-order valence-corrected chi connectivity index (χ3v) is 13.1. The van der Waals surface area contributed by atoms with Crippen LogP contribution in [0.15, 0.2) is 36.4 Å². The minimum Gasteiger partial charge on any atom is -0.140 e. The predicted molar refractivity (Wildman–Crippen MR) is 174 cm³/mol. The lowest BCUT2D eigenvalue weighted by molar-refractivity contribution is 0.604. The smallest absolute Gasteiger partial charge is 0.0446 e. The van der Waals surface area contributed by atoms with Gasteiger partial charge in [0.05, 0.1) is 0 Å². The summed E-state index contributed by atoms with van der Waals surface area (Å²) in [7, 11) is 0. The third kappa shape index (κ3) is 4.88. The summed E-state index contributed by atoms with van der Waals surface area (Å²) in [6.07, 6.45) is 0. The summed E-state index contributed by atoms with van der Waals surface area (Å²) in [5, 5.41) is 2.86. The quantitative estimate of drug-likeness (QED) is 0.204. The van der Waals surface area contributed by atoms with Gasteiger partial charge in [-0.25, -0.2) is 0 Å². The van der Waals surface area contributed by atoms with Gasteiger partial charge in [-0.1, -0.05) is 76.2 Å². The van der Waals surface area contributed by atoms with Crippen molar-refractivity contribution in [2.75, 3.05) is 0 Å². The van der Waals surface area contributed by atoms with Crippen LogP contribution in [-0.4, -0.2) is 0 Å². The van der Waals surface area contributed by atoms with E-state index in [1.54, 1.807) is 0 Å². The first-order valence-electron chi connectivity index (χ1n) is 13.3. The van der Waals surface area contributed by atoms with E-state index in [0.717, 1.165) is 0 Å². The van der Waals surface area contributed by atoms with E-state index in [1.165, 1.54) is 60.6 Å².